The summed E-state index contributed by atoms with van der Waals surface area (Å²) < 4.78 is 0. The zero-order valence-electron chi connectivity index (χ0n) is 5.39. The Morgan fingerprint density at radius 3 is 1.80 bits per heavy atom. The molecule has 1 rings (SSSR count). The molecular weight excluding hydrogens is 132 g/mol. The second kappa shape index (κ2) is 3.00. The summed E-state index contributed by atoms with van der Waals surface area (Å²) in [5.74, 6) is -0.426. The van der Waals surface area contributed by atoms with Gasteiger partial charge in [-0.3, -0.25) is 9.59 Å². The first-order valence-electron chi connectivity index (χ1n) is 3.03. The molecule has 0 aromatic rings. The molecule has 4 nitrogen and oxygen atoms in total. The van der Waals surface area contributed by atoms with Gasteiger partial charge in [-0.2, -0.15) is 0 Å². The van der Waals surface area contributed by atoms with Gasteiger partial charge in [0.2, 0.25) is 11.8 Å². The summed E-state index contributed by atoms with van der Waals surface area (Å²) >= 11 is 0. The van der Waals surface area contributed by atoms with E-state index in [-0.39, 0.29) is 11.8 Å². The van der Waals surface area contributed by atoms with E-state index < -0.39 is 0 Å². The minimum Gasteiger partial charge on any atom is -0.351 e. The molecule has 0 fully saturated rings. The van der Waals surface area contributed by atoms with Crippen LogP contribution in [0.2, 0.25) is 0 Å². The number of hydrogen-bond acceptors (Lipinski definition) is 2. The SMILES string of the molecule is O=C1C=CC(=O)NCCN1. The quantitative estimate of drug-likeness (QED) is 0.443. The lowest BCUT2D eigenvalue weighted by atomic mass is 10.4. The standard InChI is InChI=1S/C6H8N2O2/c9-5-1-2-6(10)8-4-3-7-5/h1-2H,3-4H2,(H,7,9)(H,8,10). The Labute approximate surface area is 58.3 Å². The third-order valence-corrected chi connectivity index (χ3v) is 1.11. The molecule has 0 aromatic heterocycles. The summed E-state index contributed by atoms with van der Waals surface area (Å²) in [6.07, 6.45) is 2.43. The molecule has 0 bridgehead atoms. The molecule has 0 radical (unpaired) electrons. The van der Waals surface area contributed by atoms with Crippen LogP contribution in [-0.4, -0.2) is 24.9 Å². The van der Waals surface area contributed by atoms with Gasteiger partial charge in [-0.1, -0.05) is 0 Å². The Morgan fingerprint density at radius 1 is 1.00 bits per heavy atom. The predicted molar refractivity (Wildman–Crippen MR) is 35.2 cm³/mol. The second-order valence-corrected chi connectivity index (χ2v) is 1.92. The summed E-state index contributed by atoms with van der Waals surface area (Å²) in [6.45, 7) is 0.990. The molecule has 4 heteroatoms. The van der Waals surface area contributed by atoms with E-state index in [1.165, 1.54) is 12.2 Å². The molecule has 0 aliphatic carbocycles. The highest BCUT2D eigenvalue weighted by Gasteiger charge is 2.01. The smallest absolute Gasteiger partial charge is 0.244 e. The van der Waals surface area contributed by atoms with Crippen molar-refractivity contribution in [1.82, 2.24) is 10.6 Å². The van der Waals surface area contributed by atoms with Gasteiger partial charge in [-0.25, -0.2) is 0 Å². The maximum atomic E-state index is 10.6. The maximum Gasteiger partial charge on any atom is 0.244 e. The highest BCUT2D eigenvalue weighted by Crippen LogP contribution is 1.78. The van der Waals surface area contributed by atoms with Gasteiger partial charge in [-0.15, -0.1) is 0 Å². The van der Waals surface area contributed by atoms with Crippen molar-refractivity contribution < 1.29 is 9.59 Å². The molecule has 0 aromatic carbocycles. The van der Waals surface area contributed by atoms with Crippen LogP contribution in [0.3, 0.4) is 0 Å². The van der Waals surface area contributed by atoms with Gasteiger partial charge in [0, 0.05) is 25.2 Å². The highest BCUT2D eigenvalue weighted by atomic mass is 16.2. The molecular formula is C6H8N2O2. The molecule has 2 amide bonds. The fourth-order valence-corrected chi connectivity index (χ4v) is 0.641. The summed E-state index contributed by atoms with van der Waals surface area (Å²) in [4.78, 5) is 21.2. The monoisotopic (exact) mass is 140 g/mol. The number of hydrogen-bond donors (Lipinski definition) is 2. The molecule has 2 N–H and O–H groups in total. The van der Waals surface area contributed by atoms with E-state index in [4.69, 9.17) is 0 Å². The van der Waals surface area contributed by atoms with Crippen LogP contribution in [0.4, 0.5) is 0 Å². The third-order valence-electron chi connectivity index (χ3n) is 1.11. The lowest BCUT2D eigenvalue weighted by Crippen LogP contribution is -2.35. The highest BCUT2D eigenvalue weighted by molar-refractivity contribution is 5.97. The first-order valence-corrected chi connectivity index (χ1v) is 3.03. The lowest BCUT2D eigenvalue weighted by Gasteiger charge is -2.05. The molecule has 0 unspecified atom stereocenters. The van der Waals surface area contributed by atoms with Crippen molar-refractivity contribution in [2.45, 2.75) is 0 Å². The van der Waals surface area contributed by atoms with Crippen molar-refractivity contribution >= 4 is 11.8 Å². The van der Waals surface area contributed by atoms with Crippen molar-refractivity contribution in [1.29, 1.82) is 0 Å². The largest absolute Gasteiger partial charge is 0.351 e. The van der Waals surface area contributed by atoms with E-state index >= 15 is 0 Å². The molecule has 0 saturated heterocycles. The minimum absolute atomic E-state index is 0.213. The predicted octanol–water partition coefficient (Wildman–Crippen LogP) is -1.21. The van der Waals surface area contributed by atoms with Gasteiger partial charge < -0.3 is 10.6 Å². The molecule has 1 aliphatic rings. The van der Waals surface area contributed by atoms with E-state index in [0.29, 0.717) is 13.1 Å². The second-order valence-electron chi connectivity index (χ2n) is 1.92. The van der Waals surface area contributed by atoms with Crippen LogP contribution in [0.15, 0.2) is 12.2 Å². The van der Waals surface area contributed by atoms with Crippen LogP contribution in [0, 0.1) is 0 Å². The van der Waals surface area contributed by atoms with Gasteiger partial charge in [0.15, 0.2) is 0 Å². The molecule has 0 saturated carbocycles. The van der Waals surface area contributed by atoms with Crippen LogP contribution in [0.5, 0.6) is 0 Å². The Hall–Kier alpha value is -1.32. The van der Waals surface area contributed by atoms with Crippen LogP contribution >= 0.6 is 0 Å². The first-order chi connectivity index (χ1) is 4.79. The zero-order chi connectivity index (χ0) is 7.40. The van der Waals surface area contributed by atoms with E-state index in [9.17, 15) is 9.59 Å². The fourth-order valence-electron chi connectivity index (χ4n) is 0.641. The van der Waals surface area contributed by atoms with Gasteiger partial charge in [0.05, 0.1) is 0 Å². The topological polar surface area (TPSA) is 58.2 Å². The van der Waals surface area contributed by atoms with Crippen molar-refractivity contribution in [3.63, 3.8) is 0 Å². The Bertz CT molecular complexity index is 166. The van der Waals surface area contributed by atoms with E-state index in [0.717, 1.165) is 0 Å². The number of rotatable bonds is 0. The molecule has 0 spiro atoms. The maximum absolute atomic E-state index is 10.6. The number of amides is 2. The van der Waals surface area contributed by atoms with Gasteiger partial charge in [-0.05, 0) is 0 Å². The van der Waals surface area contributed by atoms with Crippen molar-refractivity contribution in [3.05, 3.63) is 12.2 Å². The van der Waals surface area contributed by atoms with Gasteiger partial charge in [0.25, 0.3) is 0 Å². The average Bonchev–Trinajstić information content (AvgIpc) is 1.90. The summed E-state index contributed by atoms with van der Waals surface area (Å²) in [5.41, 5.74) is 0. The molecule has 1 aliphatic heterocycles. The third kappa shape index (κ3) is 1.89. The summed E-state index contributed by atoms with van der Waals surface area (Å²) in [6, 6.07) is 0. The Morgan fingerprint density at radius 2 is 1.40 bits per heavy atom. The van der Waals surface area contributed by atoms with E-state index in [1.54, 1.807) is 0 Å². The van der Waals surface area contributed by atoms with Gasteiger partial charge >= 0.3 is 0 Å². The van der Waals surface area contributed by atoms with Crippen molar-refractivity contribution in [3.8, 4) is 0 Å². The number of carbonyl (C=O) groups is 2. The molecule has 1 heterocycles. The first kappa shape index (κ1) is 6.80. The molecule has 54 valence electrons. The van der Waals surface area contributed by atoms with Crippen LogP contribution in [0.1, 0.15) is 0 Å². The minimum atomic E-state index is -0.213. The lowest BCUT2D eigenvalue weighted by molar-refractivity contribution is -0.119. The zero-order valence-corrected chi connectivity index (χ0v) is 5.39. The average molecular weight is 140 g/mol. The van der Waals surface area contributed by atoms with Crippen LogP contribution < -0.4 is 10.6 Å². The Kier molecular flexibility index (Phi) is 2.04. The van der Waals surface area contributed by atoms with Crippen molar-refractivity contribution in [2.24, 2.45) is 0 Å². The number of carbonyl (C=O) groups excluding carboxylic acids is 2. The fraction of sp³-hybridized carbons (Fsp3) is 0.333. The van der Waals surface area contributed by atoms with Crippen LogP contribution in [0.25, 0.3) is 0 Å². The van der Waals surface area contributed by atoms with E-state index in [2.05, 4.69) is 10.6 Å². The normalized spacial score (nSPS) is 18.8. The number of nitrogens with one attached hydrogen (secondary N) is 2. The van der Waals surface area contributed by atoms with Gasteiger partial charge in [0.1, 0.15) is 0 Å². The Balaban J connectivity index is 2.58. The molecule has 0 atom stereocenters. The van der Waals surface area contributed by atoms with E-state index in [1.807, 2.05) is 0 Å². The van der Waals surface area contributed by atoms with Crippen molar-refractivity contribution in [2.75, 3.05) is 13.1 Å². The summed E-state index contributed by atoms with van der Waals surface area (Å²) in [7, 11) is 0. The van der Waals surface area contributed by atoms with Crippen LogP contribution in [-0.2, 0) is 9.59 Å². The molecule has 10 heavy (non-hydrogen) atoms. The summed E-state index contributed by atoms with van der Waals surface area (Å²) in [5, 5.41) is 5.13.